The van der Waals surface area contributed by atoms with Crippen LogP contribution >= 0.6 is 0 Å². The number of carboxylic acids is 1. The minimum atomic E-state index is -4.69. The number of sulfonamides is 1. The minimum absolute atomic E-state index is 0.0439. The molecule has 0 unspecified atom stereocenters. The number of carbonyl (C=O) groups is 1. The summed E-state index contributed by atoms with van der Waals surface area (Å²) >= 11 is 0. The molecule has 3 aromatic carbocycles. The third kappa shape index (κ3) is 5.88. The van der Waals surface area contributed by atoms with Crippen LogP contribution in [0.1, 0.15) is 46.8 Å². The molecule has 2 N–H and O–H groups in total. The highest BCUT2D eigenvalue weighted by Crippen LogP contribution is 2.37. The van der Waals surface area contributed by atoms with Crippen molar-refractivity contribution in [2.75, 3.05) is 4.72 Å². The topological polar surface area (TPSA) is 92.7 Å². The number of benzene rings is 3. The zero-order valence-electron chi connectivity index (χ0n) is 18.3. The molecule has 0 spiro atoms. The van der Waals surface area contributed by atoms with Crippen LogP contribution in [0.15, 0.2) is 71.6 Å². The van der Waals surface area contributed by atoms with E-state index in [1.54, 1.807) is 12.1 Å². The lowest BCUT2D eigenvalue weighted by molar-refractivity contribution is -0.137. The summed E-state index contributed by atoms with van der Waals surface area (Å²) in [6, 6.07) is 14.5. The second kappa shape index (κ2) is 9.76. The molecule has 0 aromatic heterocycles. The molecule has 0 aliphatic rings. The van der Waals surface area contributed by atoms with E-state index in [-0.39, 0.29) is 34.4 Å². The zero-order chi connectivity index (χ0) is 25.1. The molecule has 0 atom stereocenters. The van der Waals surface area contributed by atoms with Crippen LogP contribution < -0.4 is 9.46 Å². The van der Waals surface area contributed by atoms with Gasteiger partial charge in [-0.25, -0.2) is 13.2 Å². The number of alkyl halides is 3. The highest BCUT2D eigenvalue weighted by molar-refractivity contribution is 7.92. The van der Waals surface area contributed by atoms with E-state index in [4.69, 9.17) is 9.84 Å². The maximum Gasteiger partial charge on any atom is 0.416 e. The Labute approximate surface area is 195 Å². The molecular formula is C24H22F3NO5S. The molecule has 10 heteroatoms. The lowest BCUT2D eigenvalue weighted by Gasteiger charge is -2.18. The first-order valence-electron chi connectivity index (χ1n) is 10.2. The van der Waals surface area contributed by atoms with Crippen LogP contribution in [0.4, 0.5) is 18.9 Å². The van der Waals surface area contributed by atoms with Crippen molar-refractivity contribution in [3.63, 3.8) is 0 Å². The van der Waals surface area contributed by atoms with Gasteiger partial charge in [-0.1, -0.05) is 44.2 Å². The molecule has 0 saturated carbocycles. The van der Waals surface area contributed by atoms with Crippen LogP contribution in [0, 0.1) is 0 Å². The maximum absolute atomic E-state index is 13.3. The Balaban J connectivity index is 1.95. The fourth-order valence-corrected chi connectivity index (χ4v) is 4.65. The van der Waals surface area contributed by atoms with Crippen LogP contribution in [-0.4, -0.2) is 19.5 Å². The Morgan fingerprint density at radius 2 is 1.68 bits per heavy atom. The van der Waals surface area contributed by atoms with Gasteiger partial charge in [0, 0.05) is 0 Å². The molecule has 0 aliphatic heterocycles. The van der Waals surface area contributed by atoms with Gasteiger partial charge in [0.1, 0.15) is 12.4 Å². The summed E-state index contributed by atoms with van der Waals surface area (Å²) in [7, 11) is -4.23. The monoisotopic (exact) mass is 493 g/mol. The molecule has 0 amide bonds. The van der Waals surface area contributed by atoms with Gasteiger partial charge in [0.2, 0.25) is 0 Å². The van der Waals surface area contributed by atoms with E-state index in [0.29, 0.717) is 17.2 Å². The fraction of sp³-hybridized carbons (Fsp3) is 0.208. The first-order chi connectivity index (χ1) is 15.9. The highest BCUT2D eigenvalue weighted by atomic mass is 32.2. The van der Waals surface area contributed by atoms with Crippen molar-refractivity contribution in [1.29, 1.82) is 0 Å². The second-order valence-electron chi connectivity index (χ2n) is 7.80. The maximum atomic E-state index is 13.3. The number of rotatable bonds is 8. The summed E-state index contributed by atoms with van der Waals surface area (Å²) in [4.78, 5) is 10.9. The molecule has 0 heterocycles. The molecule has 0 radical (unpaired) electrons. The van der Waals surface area contributed by atoms with Crippen molar-refractivity contribution in [1.82, 2.24) is 0 Å². The van der Waals surface area contributed by atoms with Crippen molar-refractivity contribution in [3.8, 4) is 5.75 Å². The van der Waals surface area contributed by atoms with Crippen molar-refractivity contribution in [3.05, 3.63) is 89.0 Å². The number of hydrogen-bond acceptors (Lipinski definition) is 4. The van der Waals surface area contributed by atoms with Gasteiger partial charge in [-0.2, -0.15) is 13.2 Å². The average molecular weight is 494 g/mol. The van der Waals surface area contributed by atoms with Crippen LogP contribution in [0.25, 0.3) is 0 Å². The van der Waals surface area contributed by atoms with Crippen LogP contribution in [0.2, 0.25) is 0 Å². The second-order valence-corrected chi connectivity index (χ2v) is 9.45. The number of ether oxygens (including phenoxy) is 1. The van der Waals surface area contributed by atoms with Crippen LogP contribution in [-0.2, 0) is 22.8 Å². The molecule has 180 valence electrons. The number of nitrogens with one attached hydrogen (secondary N) is 1. The predicted molar refractivity (Wildman–Crippen MR) is 121 cm³/mol. The first-order valence-corrected chi connectivity index (χ1v) is 11.6. The van der Waals surface area contributed by atoms with Gasteiger partial charge < -0.3 is 9.84 Å². The fourth-order valence-electron chi connectivity index (χ4n) is 3.22. The van der Waals surface area contributed by atoms with Gasteiger partial charge >= 0.3 is 12.1 Å². The molecule has 0 fully saturated rings. The molecule has 6 nitrogen and oxygen atoms in total. The Morgan fingerprint density at radius 3 is 2.26 bits per heavy atom. The van der Waals surface area contributed by atoms with Crippen LogP contribution in [0.3, 0.4) is 0 Å². The van der Waals surface area contributed by atoms with Crippen molar-refractivity contribution < 1.29 is 36.2 Å². The van der Waals surface area contributed by atoms with Gasteiger partial charge in [0.05, 0.1) is 21.7 Å². The van der Waals surface area contributed by atoms with Crippen molar-refractivity contribution >= 4 is 21.7 Å². The number of aromatic carboxylic acids is 1. The van der Waals surface area contributed by atoms with Crippen LogP contribution in [0.5, 0.6) is 5.75 Å². The van der Waals surface area contributed by atoms with E-state index in [1.165, 1.54) is 36.4 Å². The number of hydrogen-bond donors (Lipinski definition) is 2. The quantitative estimate of drug-likeness (QED) is 0.407. The molecule has 3 aromatic rings. The van der Waals surface area contributed by atoms with E-state index in [1.807, 2.05) is 13.8 Å². The number of carboxylic acid groups (broad SMARTS) is 1. The number of anilines is 1. The Hall–Kier alpha value is -3.53. The molecule has 3 rings (SSSR count). The summed E-state index contributed by atoms with van der Waals surface area (Å²) in [6.45, 7) is 3.49. The smallest absolute Gasteiger partial charge is 0.416 e. The average Bonchev–Trinajstić information content (AvgIpc) is 2.77. The van der Waals surface area contributed by atoms with E-state index in [9.17, 15) is 26.4 Å². The van der Waals surface area contributed by atoms with Gasteiger partial charge in [-0.3, -0.25) is 4.72 Å². The third-order valence-electron chi connectivity index (χ3n) is 4.98. The van der Waals surface area contributed by atoms with Gasteiger partial charge in [0.15, 0.2) is 0 Å². The Kier molecular flexibility index (Phi) is 7.21. The van der Waals surface area contributed by atoms with Crippen molar-refractivity contribution in [2.45, 2.75) is 37.4 Å². The SMILES string of the molecule is CC(C)c1ccccc1S(=O)(=O)Nc1cc(C(F)(F)F)ccc1OCc1ccc(C(=O)O)cc1. The first kappa shape index (κ1) is 25.1. The minimum Gasteiger partial charge on any atom is -0.487 e. The van der Waals surface area contributed by atoms with Gasteiger partial charge in [0.25, 0.3) is 10.0 Å². The van der Waals surface area contributed by atoms with E-state index >= 15 is 0 Å². The largest absolute Gasteiger partial charge is 0.487 e. The molecule has 0 saturated heterocycles. The van der Waals surface area contributed by atoms with Gasteiger partial charge in [-0.15, -0.1) is 0 Å². The lowest BCUT2D eigenvalue weighted by Crippen LogP contribution is -2.17. The summed E-state index contributed by atoms with van der Waals surface area (Å²) in [5, 5.41) is 8.98. The molecule has 0 aliphatic carbocycles. The Bertz CT molecular complexity index is 1290. The molecule has 0 bridgehead atoms. The van der Waals surface area contributed by atoms with E-state index < -0.39 is 27.7 Å². The molecular weight excluding hydrogens is 471 g/mol. The number of halogens is 3. The predicted octanol–water partition coefficient (Wildman–Crippen LogP) is 5.91. The normalized spacial score (nSPS) is 11.9. The summed E-state index contributed by atoms with van der Waals surface area (Å²) < 4.78 is 74.0. The molecule has 34 heavy (non-hydrogen) atoms. The standard InChI is InChI=1S/C24H22F3NO5S/c1-15(2)19-5-3-4-6-22(19)34(31,32)28-20-13-18(24(25,26)27)11-12-21(20)33-14-16-7-9-17(10-8-16)23(29)30/h3-13,15,28H,14H2,1-2H3,(H,29,30). The van der Waals surface area contributed by atoms with Gasteiger partial charge in [-0.05, 0) is 53.4 Å². The van der Waals surface area contributed by atoms with Crippen molar-refractivity contribution in [2.24, 2.45) is 0 Å². The lowest BCUT2D eigenvalue weighted by atomic mass is 10.0. The van der Waals surface area contributed by atoms with E-state index in [0.717, 1.165) is 12.1 Å². The summed E-state index contributed by atoms with van der Waals surface area (Å²) in [5.41, 5.74) is -0.279. The summed E-state index contributed by atoms with van der Waals surface area (Å²) in [6.07, 6.45) is -4.69. The summed E-state index contributed by atoms with van der Waals surface area (Å²) in [5.74, 6) is -1.35. The highest BCUT2D eigenvalue weighted by Gasteiger charge is 2.32. The van der Waals surface area contributed by atoms with E-state index in [2.05, 4.69) is 4.72 Å². The third-order valence-corrected chi connectivity index (χ3v) is 6.42. The Morgan fingerprint density at radius 1 is 1.03 bits per heavy atom. The zero-order valence-corrected chi connectivity index (χ0v) is 19.1.